The van der Waals surface area contributed by atoms with Crippen molar-refractivity contribution in [2.24, 2.45) is 5.92 Å². The van der Waals surface area contributed by atoms with E-state index in [1.165, 1.54) is 0 Å². The molecule has 18 heavy (non-hydrogen) atoms. The first-order valence-electron chi connectivity index (χ1n) is 6.30. The van der Waals surface area contributed by atoms with E-state index in [2.05, 4.69) is 17.2 Å². The number of anilines is 2. The quantitative estimate of drug-likeness (QED) is 0.691. The third kappa shape index (κ3) is 4.79. The Labute approximate surface area is 108 Å². The third-order valence-electron chi connectivity index (χ3n) is 2.49. The summed E-state index contributed by atoms with van der Waals surface area (Å²) < 4.78 is 5.52. The van der Waals surface area contributed by atoms with Crippen LogP contribution in [0.15, 0.2) is 12.1 Å². The fourth-order valence-electron chi connectivity index (χ4n) is 1.47. The Hall–Kier alpha value is -1.49. The number of aliphatic hydroxyl groups excluding tert-OH is 1. The molecule has 102 valence electrons. The molecule has 0 aliphatic heterocycles. The van der Waals surface area contributed by atoms with Crippen LogP contribution in [-0.4, -0.2) is 29.3 Å². The van der Waals surface area contributed by atoms with Crippen LogP contribution in [0.2, 0.25) is 0 Å². The summed E-state index contributed by atoms with van der Waals surface area (Å²) >= 11 is 0. The van der Waals surface area contributed by atoms with Crippen LogP contribution in [0.3, 0.4) is 0 Å². The summed E-state index contributed by atoms with van der Waals surface area (Å²) in [5.41, 5.74) is 6.33. The van der Waals surface area contributed by atoms with Crippen LogP contribution in [0.5, 0.6) is 5.88 Å². The van der Waals surface area contributed by atoms with Crippen molar-refractivity contribution >= 4 is 11.5 Å². The highest BCUT2D eigenvalue weighted by Crippen LogP contribution is 2.22. The minimum absolute atomic E-state index is 0.0448. The minimum atomic E-state index is 0.0448. The van der Waals surface area contributed by atoms with Crippen molar-refractivity contribution in [3.05, 3.63) is 12.1 Å². The van der Waals surface area contributed by atoms with E-state index in [0.29, 0.717) is 17.5 Å². The standard InChI is InChI=1S/C13H23N3O2/c1-9(2)18-13-11(14)4-5-12(16-13)15-8-10(3)6-7-17/h4-5,9-10,17H,6-8,14H2,1-3H3,(H,15,16). The zero-order chi connectivity index (χ0) is 13.5. The van der Waals surface area contributed by atoms with Crippen molar-refractivity contribution < 1.29 is 9.84 Å². The molecule has 0 bridgehead atoms. The third-order valence-corrected chi connectivity index (χ3v) is 2.49. The number of rotatable bonds is 7. The van der Waals surface area contributed by atoms with Gasteiger partial charge in [0.15, 0.2) is 0 Å². The molecule has 1 unspecified atom stereocenters. The molecule has 1 heterocycles. The Morgan fingerprint density at radius 1 is 1.39 bits per heavy atom. The van der Waals surface area contributed by atoms with Gasteiger partial charge in [0, 0.05) is 13.2 Å². The molecule has 0 amide bonds. The van der Waals surface area contributed by atoms with Gasteiger partial charge in [-0.1, -0.05) is 6.92 Å². The number of ether oxygens (including phenoxy) is 1. The van der Waals surface area contributed by atoms with E-state index in [4.69, 9.17) is 15.6 Å². The van der Waals surface area contributed by atoms with Gasteiger partial charge >= 0.3 is 0 Å². The molecule has 4 N–H and O–H groups in total. The number of nitrogens with one attached hydrogen (secondary N) is 1. The molecule has 0 aliphatic carbocycles. The van der Waals surface area contributed by atoms with Gasteiger partial charge in [-0.15, -0.1) is 0 Å². The molecule has 0 spiro atoms. The average molecular weight is 253 g/mol. The average Bonchev–Trinajstić information content (AvgIpc) is 2.30. The molecule has 5 nitrogen and oxygen atoms in total. The smallest absolute Gasteiger partial charge is 0.239 e. The van der Waals surface area contributed by atoms with Crippen molar-refractivity contribution in [1.82, 2.24) is 4.98 Å². The topological polar surface area (TPSA) is 80.4 Å². The molecule has 0 aromatic carbocycles. The van der Waals surface area contributed by atoms with E-state index in [0.717, 1.165) is 18.8 Å². The highest BCUT2D eigenvalue weighted by Gasteiger charge is 2.07. The van der Waals surface area contributed by atoms with Gasteiger partial charge in [0.25, 0.3) is 0 Å². The molecular formula is C13H23N3O2. The summed E-state index contributed by atoms with van der Waals surface area (Å²) in [5.74, 6) is 1.60. The predicted octanol–water partition coefficient (Wildman–Crippen LogP) is 1.88. The van der Waals surface area contributed by atoms with Crippen LogP contribution in [0.25, 0.3) is 0 Å². The highest BCUT2D eigenvalue weighted by atomic mass is 16.5. The fraction of sp³-hybridized carbons (Fsp3) is 0.615. The molecule has 0 radical (unpaired) electrons. The highest BCUT2D eigenvalue weighted by molar-refractivity contribution is 5.53. The molecule has 1 rings (SSSR count). The predicted molar refractivity (Wildman–Crippen MR) is 73.8 cm³/mol. The Kier molecular flexibility index (Phi) is 5.71. The second kappa shape index (κ2) is 7.06. The minimum Gasteiger partial charge on any atom is -0.473 e. The molecular weight excluding hydrogens is 230 g/mol. The number of aliphatic hydroxyl groups is 1. The summed E-state index contributed by atoms with van der Waals surface area (Å²) in [6.07, 6.45) is 0.820. The molecule has 0 aliphatic rings. The second-order valence-corrected chi connectivity index (χ2v) is 4.76. The van der Waals surface area contributed by atoms with Gasteiger partial charge in [-0.3, -0.25) is 0 Å². The molecule has 1 atom stereocenters. The lowest BCUT2D eigenvalue weighted by molar-refractivity contribution is 0.234. The van der Waals surface area contributed by atoms with Gasteiger partial charge in [-0.05, 0) is 38.3 Å². The van der Waals surface area contributed by atoms with Gasteiger partial charge in [0.05, 0.1) is 11.8 Å². The maximum atomic E-state index is 8.83. The monoisotopic (exact) mass is 253 g/mol. The van der Waals surface area contributed by atoms with Gasteiger partial charge in [0.2, 0.25) is 5.88 Å². The van der Waals surface area contributed by atoms with Crippen LogP contribution >= 0.6 is 0 Å². The van der Waals surface area contributed by atoms with Crippen LogP contribution in [0.4, 0.5) is 11.5 Å². The van der Waals surface area contributed by atoms with Gasteiger partial charge in [0.1, 0.15) is 5.82 Å². The first-order valence-corrected chi connectivity index (χ1v) is 6.30. The number of pyridine rings is 1. The molecule has 1 aromatic heterocycles. The van der Waals surface area contributed by atoms with E-state index in [1.54, 1.807) is 6.07 Å². The van der Waals surface area contributed by atoms with Crippen molar-refractivity contribution in [2.75, 3.05) is 24.2 Å². The van der Waals surface area contributed by atoms with E-state index in [9.17, 15) is 0 Å². The van der Waals surface area contributed by atoms with Crippen molar-refractivity contribution in [2.45, 2.75) is 33.3 Å². The summed E-state index contributed by atoms with van der Waals surface area (Å²) in [7, 11) is 0. The van der Waals surface area contributed by atoms with E-state index >= 15 is 0 Å². The molecule has 5 heteroatoms. The normalized spacial score (nSPS) is 12.5. The summed E-state index contributed by atoms with van der Waals surface area (Å²) in [6.45, 7) is 6.92. The maximum Gasteiger partial charge on any atom is 0.239 e. The van der Waals surface area contributed by atoms with Gasteiger partial charge in [-0.25, -0.2) is 0 Å². The first-order chi connectivity index (χ1) is 8.52. The summed E-state index contributed by atoms with van der Waals surface area (Å²) in [6, 6.07) is 3.61. The van der Waals surface area contributed by atoms with E-state index < -0.39 is 0 Å². The van der Waals surface area contributed by atoms with E-state index in [1.807, 2.05) is 19.9 Å². The van der Waals surface area contributed by atoms with Gasteiger partial charge in [-0.2, -0.15) is 4.98 Å². The lowest BCUT2D eigenvalue weighted by Crippen LogP contribution is -2.14. The molecule has 1 aromatic rings. The summed E-state index contributed by atoms with van der Waals surface area (Å²) in [4.78, 5) is 4.32. The van der Waals surface area contributed by atoms with Crippen LogP contribution < -0.4 is 15.8 Å². The van der Waals surface area contributed by atoms with Crippen molar-refractivity contribution in [3.8, 4) is 5.88 Å². The number of hydrogen-bond acceptors (Lipinski definition) is 5. The first kappa shape index (κ1) is 14.6. The Balaban J connectivity index is 2.61. The number of hydrogen-bond donors (Lipinski definition) is 3. The lowest BCUT2D eigenvalue weighted by atomic mass is 10.1. The zero-order valence-electron chi connectivity index (χ0n) is 11.3. The zero-order valence-corrected chi connectivity index (χ0v) is 11.3. The Bertz CT molecular complexity index is 369. The molecule has 0 fully saturated rings. The van der Waals surface area contributed by atoms with Crippen molar-refractivity contribution in [1.29, 1.82) is 0 Å². The number of nitrogens with two attached hydrogens (primary N) is 1. The van der Waals surface area contributed by atoms with Crippen LogP contribution in [0, 0.1) is 5.92 Å². The molecule has 0 saturated carbocycles. The maximum absolute atomic E-state index is 8.83. The fourth-order valence-corrected chi connectivity index (χ4v) is 1.47. The lowest BCUT2D eigenvalue weighted by Gasteiger charge is -2.14. The number of aromatic nitrogens is 1. The van der Waals surface area contributed by atoms with Crippen molar-refractivity contribution in [3.63, 3.8) is 0 Å². The molecule has 0 saturated heterocycles. The van der Waals surface area contributed by atoms with E-state index in [-0.39, 0.29) is 12.7 Å². The number of nitrogen functional groups attached to an aromatic ring is 1. The van der Waals surface area contributed by atoms with Crippen LogP contribution in [-0.2, 0) is 0 Å². The SMILES string of the molecule is CC(CCO)CNc1ccc(N)c(OC(C)C)n1. The largest absolute Gasteiger partial charge is 0.473 e. The number of nitrogens with zero attached hydrogens (tertiary/aromatic N) is 1. The second-order valence-electron chi connectivity index (χ2n) is 4.76. The Morgan fingerprint density at radius 3 is 2.72 bits per heavy atom. The van der Waals surface area contributed by atoms with Crippen LogP contribution in [0.1, 0.15) is 27.2 Å². The summed E-state index contributed by atoms with van der Waals surface area (Å²) in [5, 5.41) is 12.0. The Morgan fingerprint density at radius 2 is 2.11 bits per heavy atom. The van der Waals surface area contributed by atoms with Gasteiger partial charge < -0.3 is 20.9 Å².